The zero-order valence-corrected chi connectivity index (χ0v) is 7.21. The molecule has 0 radical (unpaired) electrons. The smallest absolute Gasteiger partial charge is 0.305 e. The molecule has 1 N–H and O–H groups in total. The summed E-state index contributed by atoms with van der Waals surface area (Å²) in [7, 11) is 0. The molecule has 0 bridgehead atoms. The van der Waals surface area contributed by atoms with Gasteiger partial charge in [-0.05, 0) is 6.42 Å². The molecule has 0 spiro atoms. The van der Waals surface area contributed by atoms with E-state index >= 15 is 0 Å². The number of aliphatic hydroxyl groups is 1. The Balaban J connectivity index is 2.25. The lowest BCUT2D eigenvalue weighted by molar-refractivity contribution is -0.207. The highest BCUT2D eigenvalue weighted by atomic mass is 16.7. The maximum Gasteiger partial charge on any atom is 0.305 e. The van der Waals surface area contributed by atoms with Crippen molar-refractivity contribution in [3.05, 3.63) is 0 Å². The average molecular weight is 174 g/mol. The molecule has 1 aliphatic heterocycles. The van der Waals surface area contributed by atoms with Crippen molar-refractivity contribution in [2.24, 2.45) is 0 Å². The molecule has 0 saturated carbocycles. The summed E-state index contributed by atoms with van der Waals surface area (Å²) in [5, 5.41) is 9.54. The number of esters is 1. The molecule has 1 rings (SSSR count). The summed E-state index contributed by atoms with van der Waals surface area (Å²) >= 11 is 0. The van der Waals surface area contributed by atoms with Gasteiger partial charge in [0.15, 0.2) is 0 Å². The molecule has 1 heterocycles. The quantitative estimate of drug-likeness (QED) is 0.631. The second-order valence-electron chi connectivity index (χ2n) is 2.91. The third-order valence-electron chi connectivity index (χ3n) is 1.83. The highest BCUT2D eigenvalue weighted by Crippen LogP contribution is 2.22. The summed E-state index contributed by atoms with van der Waals surface area (Å²) in [6.07, 6.45) is 1.69. The first-order valence-electron chi connectivity index (χ1n) is 4.18. The Morgan fingerprint density at radius 1 is 1.75 bits per heavy atom. The van der Waals surface area contributed by atoms with E-state index in [9.17, 15) is 9.90 Å². The normalized spacial score (nSPS) is 28.8. The van der Waals surface area contributed by atoms with Crippen LogP contribution in [0.2, 0.25) is 0 Å². The number of hydrogen-bond donors (Lipinski definition) is 1. The van der Waals surface area contributed by atoms with Crippen LogP contribution in [0.15, 0.2) is 0 Å². The van der Waals surface area contributed by atoms with Gasteiger partial charge in [0.1, 0.15) is 6.61 Å². The van der Waals surface area contributed by atoms with Gasteiger partial charge >= 0.3 is 5.97 Å². The summed E-state index contributed by atoms with van der Waals surface area (Å²) in [6.45, 7) is 2.21. The third-order valence-corrected chi connectivity index (χ3v) is 1.83. The van der Waals surface area contributed by atoms with E-state index in [0.29, 0.717) is 19.4 Å². The minimum Gasteiger partial charge on any atom is -0.460 e. The fourth-order valence-electron chi connectivity index (χ4n) is 1.09. The van der Waals surface area contributed by atoms with Gasteiger partial charge in [-0.1, -0.05) is 6.92 Å². The maximum absolute atomic E-state index is 10.7. The molecule has 70 valence electrons. The fraction of sp³-hybridized carbons (Fsp3) is 0.875. The first-order chi connectivity index (χ1) is 5.66. The van der Waals surface area contributed by atoms with Gasteiger partial charge in [-0.2, -0.15) is 0 Å². The molecule has 1 unspecified atom stereocenters. The zero-order valence-electron chi connectivity index (χ0n) is 7.21. The standard InChI is InChI=1S/C8H14O4/c1-2-7(9)11-6-8(10)4-3-5-12-8/h10H,2-6H2,1H3. The summed E-state index contributed by atoms with van der Waals surface area (Å²) in [4.78, 5) is 10.7. The SMILES string of the molecule is CCC(=O)OCC1(O)CCCO1. The van der Waals surface area contributed by atoms with Crippen LogP contribution >= 0.6 is 0 Å². The van der Waals surface area contributed by atoms with Crippen molar-refractivity contribution >= 4 is 5.97 Å². The van der Waals surface area contributed by atoms with Gasteiger partial charge in [0, 0.05) is 12.8 Å². The van der Waals surface area contributed by atoms with Crippen LogP contribution in [0.3, 0.4) is 0 Å². The summed E-state index contributed by atoms with van der Waals surface area (Å²) in [5.41, 5.74) is 0. The number of ether oxygens (including phenoxy) is 2. The second kappa shape index (κ2) is 3.87. The third kappa shape index (κ3) is 2.46. The Morgan fingerprint density at radius 3 is 3.00 bits per heavy atom. The zero-order chi connectivity index (χ0) is 9.03. The molecule has 12 heavy (non-hydrogen) atoms. The molecule has 0 aromatic carbocycles. The Kier molecular flexibility index (Phi) is 3.05. The number of hydrogen-bond acceptors (Lipinski definition) is 4. The van der Waals surface area contributed by atoms with E-state index in [-0.39, 0.29) is 12.6 Å². The minimum absolute atomic E-state index is 0.0420. The average Bonchev–Trinajstić information content (AvgIpc) is 2.49. The van der Waals surface area contributed by atoms with Crippen LogP contribution in [0, 0.1) is 0 Å². The summed E-state index contributed by atoms with van der Waals surface area (Å²) in [6, 6.07) is 0. The lowest BCUT2D eigenvalue weighted by Crippen LogP contribution is -2.34. The Bertz CT molecular complexity index is 160. The van der Waals surface area contributed by atoms with Crippen LogP contribution in [-0.4, -0.2) is 30.1 Å². The summed E-state index contributed by atoms with van der Waals surface area (Å²) in [5.74, 6) is -1.52. The molecule has 0 amide bonds. The predicted molar refractivity (Wildman–Crippen MR) is 41.4 cm³/mol. The van der Waals surface area contributed by atoms with E-state index < -0.39 is 5.79 Å². The Labute approximate surface area is 71.5 Å². The predicted octanol–water partition coefficient (Wildman–Crippen LogP) is 0.439. The Hall–Kier alpha value is -0.610. The van der Waals surface area contributed by atoms with Crippen molar-refractivity contribution in [2.45, 2.75) is 32.0 Å². The highest BCUT2D eigenvalue weighted by Gasteiger charge is 2.33. The van der Waals surface area contributed by atoms with Crippen molar-refractivity contribution in [3.8, 4) is 0 Å². The molecule has 4 heteroatoms. The molecular formula is C8H14O4. The number of rotatable bonds is 3. The van der Waals surface area contributed by atoms with Crippen LogP contribution in [0.25, 0.3) is 0 Å². The molecule has 0 aromatic rings. The largest absolute Gasteiger partial charge is 0.460 e. The van der Waals surface area contributed by atoms with Crippen molar-refractivity contribution in [1.29, 1.82) is 0 Å². The second-order valence-corrected chi connectivity index (χ2v) is 2.91. The van der Waals surface area contributed by atoms with Crippen LogP contribution in [0.4, 0.5) is 0 Å². The van der Waals surface area contributed by atoms with Gasteiger partial charge < -0.3 is 14.6 Å². The lowest BCUT2D eigenvalue weighted by Gasteiger charge is -2.20. The monoisotopic (exact) mass is 174 g/mol. The van der Waals surface area contributed by atoms with E-state index in [0.717, 1.165) is 6.42 Å². The lowest BCUT2D eigenvalue weighted by atomic mass is 10.2. The van der Waals surface area contributed by atoms with Gasteiger partial charge in [-0.3, -0.25) is 4.79 Å². The van der Waals surface area contributed by atoms with Crippen molar-refractivity contribution < 1.29 is 19.4 Å². The molecule has 1 aliphatic rings. The van der Waals surface area contributed by atoms with E-state index in [1.807, 2.05) is 0 Å². The van der Waals surface area contributed by atoms with Gasteiger partial charge in [0.05, 0.1) is 6.61 Å². The van der Waals surface area contributed by atoms with Crippen LogP contribution in [-0.2, 0) is 14.3 Å². The molecular weight excluding hydrogens is 160 g/mol. The van der Waals surface area contributed by atoms with E-state index in [1.54, 1.807) is 6.92 Å². The van der Waals surface area contributed by atoms with Gasteiger partial charge in [-0.25, -0.2) is 0 Å². The highest BCUT2D eigenvalue weighted by molar-refractivity contribution is 5.68. The van der Waals surface area contributed by atoms with Crippen LogP contribution in [0.5, 0.6) is 0 Å². The van der Waals surface area contributed by atoms with E-state index in [4.69, 9.17) is 9.47 Å². The van der Waals surface area contributed by atoms with Gasteiger partial charge in [0.25, 0.3) is 0 Å². The van der Waals surface area contributed by atoms with Crippen LogP contribution < -0.4 is 0 Å². The molecule has 4 nitrogen and oxygen atoms in total. The maximum atomic E-state index is 10.7. The fourth-order valence-corrected chi connectivity index (χ4v) is 1.09. The topological polar surface area (TPSA) is 55.8 Å². The van der Waals surface area contributed by atoms with Gasteiger partial charge in [0.2, 0.25) is 5.79 Å². The van der Waals surface area contributed by atoms with Gasteiger partial charge in [-0.15, -0.1) is 0 Å². The van der Waals surface area contributed by atoms with Crippen LogP contribution in [0.1, 0.15) is 26.2 Å². The van der Waals surface area contributed by atoms with Crippen molar-refractivity contribution in [3.63, 3.8) is 0 Å². The molecule has 1 fully saturated rings. The first-order valence-corrected chi connectivity index (χ1v) is 4.18. The molecule has 0 aromatic heterocycles. The number of carbonyl (C=O) groups excluding carboxylic acids is 1. The number of carbonyl (C=O) groups is 1. The molecule has 1 atom stereocenters. The van der Waals surface area contributed by atoms with E-state index in [2.05, 4.69) is 0 Å². The van der Waals surface area contributed by atoms with Crippen molar-refractivity contribution in [1.82, 2.24) is 0 Å². The van der Waals surface area contributed by atoms with E-state index in [1.165, 1.54) is 0 Å². The molecule has 0 aliphatic carbocycles. The molecule has 1 saturated heterocycles. The Morgan fingerprint density at radius 2 is 2.50 bits per heavy atom. The van der Waals surface area contributed by atoms with Crippen molar-refractivity contribution in [2.75, 3.05) is 13.2 Å². The minimum atomic E-state index is -1.22. The summed E-state index contributed by atoms with van der Waals surface area (Å²) < 4.78 is 9.78. The first kappa shape index (κ1) is 9.48.